The second-order valence-electron chi connectivity index (χ2n) is 3.81. The molecule has 2 rings (SSSR count). The third-order valence-corrected chi connectivity index (χ3v) is 3.26. The van der Waals surface area contributed by atoms with E-state index < -0.39 is 0 Å². The summed E-state index contributed by atoms with van der Waals surface area (Å²) in [5.74, 6) is 0. The standard InChI is InChI=1S/C11H11BrN2/c1-11(7-13)4-5-14-10-3-2-8(12)6-9(10)11/h2-3,6,14H,4-5H2,1H3. The molecule has 0 bridgehead atoms. The highest BCUT2D eigenvalue weighted by Gasteiger charge is 2.31. The number of nitriles is 1. The second kappa shape index (κ2) is 3.29. The van der Waals surface area contributed by atoms with E-state index in [-0.39, 0.29) is 5.41 Å². The first kappa shape index (κ1) is 9.54. The zero-order chi connectivity index (χ0) is 10.2. The van der Waals surface area contributed by atoms with Gasteiger partial charge >= 0.3 is 0 Å². The number of rotatable bonds is 0. The van der Waals surface area contributed by atoms with E-state index in [0.717, 1.165) is 28.7 Å². The molecule has 0 fully saturated rings. The van der Waals surface area contributed by atoms with Gasteiger partial charge in [-0.2, -0.15) is 5.26 Å². The topological polar surface area (TPSA) is 35.8 Å². The number of hydrogen-bond acceptors (Lipinski definition) is 2. The molecule has 0 spiro atoms. The van der Waals surface area contributed by atoms with Crippen LogP contribution in [0, 0.1) is 11.3 Å². The molecule has 1 aliphatic rings. The maximum atomic E-state index is 9.19. The number of benzene rings is 1. The van der Waals surface area contributed by atoms with Crippen LogP contribution in [0.2, 0.25) is 0 Å². The van der Waals surface area contributed by atoms with Crippen LogP contribution in [-0.2, 0) is 5.41 Å². The highest BCUT2D eigenvalue weighted by atomic mass is 79.9. The molecule has 1 aliphatic heterocycles. The molecule has 0 aliphatic carbocycles. The van der Waals surface area contributed by atoms with Gasteiger partial charge < -0.3 is 5.32 Å². The minimum Gasteiger partial charge on any atom is -0.385 e. The van der Waals surface area contributed by atoms with Crippen LogP contribution in [0.3, 0.4) is 0 Å². The lowest BCUT2D eigenvalue weighted by molar-refractivity contribution is 0.555. The fourth-order valence-corrected chi connectivity index (χ4v) is 2.19. The van der Waals surface area contributed by atoms with Crippen LogP contribution in [0.25, 0.3) is 0 Å². The van der Waals surface area contributed by atoms with Crippen LogP contribution in [0.4, 0.5) is 5.69 Å². The molecule has 1 heterocycles. The van der Waals surface area contributed by atoms with E-state index in [4.69, 9.17) is 0 Å². The molecule has 0 saturated carbocycles. The fraction of sp³-hybridized carbons (Fsp3) is 0.364. The van der Waals surface area contributed by atoms with Gasteiger partial charge in [-0.3, -0.25) is 0 Å². The predicted molar refractivity (Wildman–Crippen MR) is 60.2 cm³/mol. The lowest BCUT2D eigenvalue weighted by Gasteiger charge is -2.30. The summed E-state index contributed by atoms with van der Waals surface area (Å²) in [6, 6.07) is 8.45. The normalized spacial score (nSPS) is 24.6. The van der Waals surface area contributed by atoms with Crippen LogP contribution >= 0.6 is 15.9 Å². The Balaban J connectivity index is 2.59. The average molecular weight is 251 g/mol. The van der Waals surface area contributed by atoms with Crippen LogP contribution in [0.15, 0.2) is 22.7 Å². The van der Waals surface area contributed by atoms with E-state index in [1.807, 2.05) is 25.1 Å². The Morgan fingerprint density at radius 3 is 3.07 bits per heavy atom. The van der Waals surface area contributed by atoms with Crippen molar-refractivity contribution in [3.63, 3.8) is 0 Å². The quantitative estimate of drug-likeness (QED) is 0.769. The number of hydrogen-bond donors (Lipinski definition) is 1. The fourth-order valence-electron chi connectivity index (χ4n) is 1.83. The van der Waals surface area contributed by atoms with Crippen molar-refractivity contribution in [3.8, 4) is 6.07 Å². The maximum absolute atomic E-state index is 9.19. The Labute approximate surface area is 92.1 Å². The lowest BCUT2D eigenvalue weighted by atomic mass is 9.78. The van der Waals surface area contributed by atoms with Crippen molar-refractivity contribution in [2.24, 2.45) is 0 Å². The molecular formula is C11H11BrN2. The molecule has 2 nitrogen and oxygen atoms in total. The highest BCUT2D eigenvalue weighted by molar-refractivity contribution is 9.10. The van der Waals surface area contributed by atoms with Crippen molar-refractivity contribution in [2.75, 3.05) is 11.9 Å². The molecule has 0 saturated heterocycles. The summed E-state index contributed by atoms with van der Waals surface area (Å²) in [6.45, 7) is 2.87. The molecule has 1 N–H and O–H groups in total. The van der Waals surface area contributed by atoms with Gasteiger partial charge in [-0.25, -0.2) is 0 Å². The average Bonchev–Trinajstić information content (AvgIpc) is 2.20. The Morgan fingerprint density at radius 2 is 2.36 bits per heavy atom. The molecule has 0 amide bonds. The Hall–Kier alpha value is -1.01. The van der Waals surface area contributed by atoms with Crippen molar-refractivity contribution < 1.29 is 0 Å². The van der Waals surface area contributed by atoms with Gasteiger partial charge in [0.1, 0.15) is 0 Å². The Kier molecular flexibility index (Phi) is 2.24. The molecule has 0 radical (unpaired) electrons. The third-order valence-electron chi connectivity index (χ3n) is 2.76. The smallest absolute Gasteiger partial charge is 0.0831 e. The number of nitrogens with zero attached hydrogens (tertiary/aromatic N) is 1. The lowest BCUT2D eigenvalue weighted by Crippen LogP contribution is -2.29. The molecule has 1 atom stereocenters. The van der Waals surface area contributed by atoms with Gasteiger partial charge in [0.25, 0.3) is 0 Å². The summed E-state index contributed by atoms with van der Waals surface area (Å²) in [6.07, 6.45) is 0.868. The summed E-state index contributed by atoms with van der Waals surface area (Å²) < 4.78 is 1.03. The van der Waals surface area contributed by atoms with Crippen LogP contribution < -0.4 is 5.32 Å². The van der Waals surface area contributed by atoms with Crippen molar-refractivity contribution in [3.05, 3.63) is 28.2 Å². The molecule has 14 heavy (non-hydrogen) atoms. The molecule has 1 unspecified atom stereocenters. The second-order valence-corrected chi connectivity index (χ2v) is 4.73. The minimum absolute atomic E-state index is 0.343. The maximum Gasteiger partial charge on any atom is 0.0831 e. The summed E-state index contributed by atoms with van der Waals surface area (Å²) in [7, 11) is 0. The minimum atomic E-state index is -0.343. The van der Waals surface area contributed by atoms with Gasteiger partial charge in [-0.1, -0.05) is 15.9 Å². The van der Waals surface area contributed by atoms with E-state index in [9.17, 15) is 5.26 Å². The van der Waals surface area contributed by atoms with Gasteiger partial charge in [0.05, 0.1) is 11.5 Å². The number of halogens is 1. The Bertz CT molecular complexity index is 408. The van der Waals surface area contributed by atoms with Gasteiger partial charge in [0.15, 0.2) is 0 Å². The zero-order valence-corrected chi connectivity index (χ0v) is 9.56. The van der Waals surface area contributed by atoms with Crippen LogP contribution in [0.1, 0.15) is 18.9 Å². The largest absolute Gasteiger partial charge is 0.385 e. The van der Waals surface area contributed by atoms with Crippen molar-refractivity contribution in [1.82, 2.24) is 0 Å². The number of fused-ring (bicyclic) bond motifs is 1. The van der Waals surface area contributed by atoms with Gasteiger partial charge in [-0.15, -0.1) is 0 Å². The van der Waals surface area contributed by atoms with E-state index in [2.05, 4.69) is 27.3 Å². The van der Waals surface area contributed by atoms with Crippen molar-refractivity contribution >= 4 is 21.6 Å². The zero-order valence-electron chi connectivity index (χ0n) is 7.97. The van der Waals surface area contributed by atoms with E-state index in [0.29, 0.717) is 0 Å². The summed E-state index contributed by atoms with van der Waals surface area (Å²) in [4.78, 5) is 0. The van der Waals surface area contributed by atoms with Gasteiger partial charge in [-0.05, 0) is 37.1 Å². The molecule has 0 aromatic heterocycles. The van der Waals surface area contributed by atoms with Crippen molar-refractivity contribution in [1.29, 1.82) is 5.26 Å². The number of nitrogens with one attached hydrogen (secondary N) is 1. The first-order valence-electron chi connectivity index (χ1n) is 4.61. The molecule has 1 aromatic carbocycles. The first-order valence-corrected chi connectivity index (χ1v) is 5.40. The molecular weight excluding hydrogens is 240 g/mol. The van der Waals surface area contributed by atoms with E-state index in [1.54, 1.807) is 0 Å². The van der Waals surface area contributed by atoms with Crippen LogP contribution in [-0.4, -0.2) is 6.54 Å². The summed E-state index contributed by atoms with van der Waals surface area (Å²) in [5.41, 5.74) is 1.84. The van der Waals surface area contributed by atoms with Gasteiger partial charge in [0, 0.05) is 16.7 Å². The molecule has 3 heteroatoms. The first-order chi connectivity index (χ1) is 6.65. The Morgan fingerprint density at radius 1 is 1.57 bits per heavy atom. The van der Waals surface area contributed by atoms with Gasteiger partial charge in [0.2, 0.25) is 0 Å². The summed E-state index contributed by atoms with van der Waals surface area (Å²) >= 11 is 3.43. The van der Waals surface area contributed by atoms with E-state index in [1.165, 1.54) is 0 Å². The summed E-state index contributed by atoms with van der Waals surface area (Å²) in [5, 5.41) is 12.5. The molecule has 72 valence electrons. The third kappa shape index (κ3) is 1.40. The number of anilines is 1. The SMILES string of the molecule is CC1(C#N)CCNc2ccc(Br)cc21. The predicted octanol–water partition coefficient (Wildman–Crippen LogP) is 3.05. The highest BCUT2D eigenvalue weighted by Crippen LogP contribution is 2.37. The monoisotopic (exact) mass is 250 g/mol. The molecule has 1 aromatic rings. The van der Waals surface area contributed by atoms with E-state index >= 15 is 0 Å². The van der Waals surface area contributed by atoms with Crippen molar-refractivity contribution in [2.45, 2.75) is 18.8 Å². The van der Waals surface area contributed by atoms with Crippen LogP contribution in [0.5, 0.6) is 0 Å².